The molecule has 0 radical (unpaired) electrons. The Morgan fingerprint density at radius 2 is 1.43 bits per heavy atom. The molecular formula is C18H35NO4. The SMILES string of the molecule is CCOC(=O)[C@@H](C)NC(=O)CCCCCCCCCCCOC. The van der Waals surface area contributed by atoms with E-state index in [0.717, 1.165) is 25.9 Å². The Morgan fingerprint density at radius 3 is 1.96 bits per heavy atom. The van der Waals surface area contributed by atoms with Crippen LogP contribution >= 0.6 is 0 Å². The molecule has 0 spiro atoms. The zero-order valence-electron chi connectivity index (χ0n) is 15.2. The van der Waals surface area contributed by atoms with Crippen LogP contribution in [-0.4, -0.2) is 38.2 Å². The van der Waals surface area contributed by atoms with Crippen LogP contribution in [0.2, 0.25) is 0 Å². The van der Waals surface area contributed by atoms with Crippen molar-refractivity contribution in [1.82, 2.24) is 5.32 Å². The lowest BCUT2D eigenvalue weighted by Gasteiger charge is -2.12. The summed E-state index contributed by atoms with van der Waals surface area (Å²) in [5.74, 6) is -0.435. The third-order valence-electron chi connectivity index (χ3n) is 3.77. The highest BCUT2D eigenvalue weighted by molar-refractivity contribution is 5.84. The minimum Gasteiger partial charge on any atom is -0.464 e. The Kier molecular flexibility index (Phi) is 15.0. The molecule has 0 unspecified atom stereocenters. The zero-order valence-corrected chi connectivity index (χ0v) is 15.2. The summed E-state index contributed by atoms with van der Waals surface area (Å²) in [7, 11) is 1.75. The summed E-state index contributed by atoms with van der Waals surface area (Å²) in [6, 6.07) is -0.555. The number of esters is 1. The number of carbonyl (C=O) groups excluding carboxylic acids is 2. The van der Waals surface area contributed by atoms with E-state index in [-0.39, 0.29) is 11.9 Å². The highest BCUT2D eigenvalue weighted by atomic mass is 16.5. The van der Waals surface area contributed by atoms with Crippen LogP contribution in [0.25, 0.3) is 0 Å². The van der Waals surface area contributed by atoms with Gasteiger partial charge < -0.3 is 14.8 Å². The average Bonchev–Trinajstić information content (AvgIpc) is 2.52. The molecule has 0 bridgehead atoms. The first-order chi connectivity index (χ1) is 11.1. The standard InChI is InChI=1S/C18H35NO4/c1-4-23-18(21)16(2)19-17(20)14-12-10-8-6-5-7-9-11-13-15-22-3/h16H,4-15H2,1-3H3,(H,19,20)/t16-/m1/s1. The monoisotopic (exact) mass is 329 g/mol. The van der Waals surface area contributed by atoms with Gasteiger partial charge in [0.1, 0.15) is 6.04 Å². The number of rotatable bonds is 15. The van der Waals surface area contributed by atoms with Gasteiger partial charge in [-0.25, -0.2) is 4.79 Å². The number of ether oxygens (including phenoxy) is 2. The van der Waals surface area contributed by atoms with Gasteiger partial charge in [0.15, 0.2) is 0 Å². The van der Waals surface area contributed by atoms with Gasteiger partial charge in [0, 0.05) is 20.1 Å². The molecule has 0 aliphatic carbocycles. The van der Waals surface area contributed by atoms with Gasteiger partial charge in [0.25, 0.3) is 0 Å². The summed E-state index contributed by atoms with van der Waals surface area (Å²) in [6.07, 6.45) is 11.1. The molecule has 0 aliphatic heterocycles. The van der Waals surface area contributed by atoms with Crippen LogP contribution in [-0.2, 0) is 19.1 Å². The van der Waals surface area contributed by atoms with E-state index in [9.17, 15) is 9.59 Å². The number of amides is 1. The lowest BCUT2D eigenvalue weighted by Crippen LogP contribution is -2.39. The Bertz CT molecular complexity index is 307. The quantitative estimate of drug-likeness (QED) is 0.368. The predicted octanol–water partition coefficient (Wildman–Crippen LogP) is 3.60. The van der Waals surface area contributed by atoms with Crippen LogP contribution in [0.5, 0.6) is 0 Å². The third kappa shape index (κ3) is 14.2. The molecule has 0 aromatic carbocycles. The van der Waals surface area contributed by atoms with Crippen molar-refractivity contribution in [1.29, 1.82) is 0 Å². The molecule has 0 saturated heterocycles. The van der Waals surface area contributed by atoms with E-state index < -0.39 is 6.04 Å². The van der Waals surface area contributed by atoms with Crippen molar-refractivity contribution in [3.8, 4) is 0 Å². The van der Waals surface area contributed by atoms with E-state index in [4.69, 9.17) is 9.47 Å². The van der Waals surface area contributed by atoms with Crippen molar-refractivity contribution >= 4 is 11.9 Å². The van der Waals surface area contributed by atoms with Gasteiger partial charge in [-0.2, -0.15) is 0 Å². The molecular weight excluding hydrogens is 294 g/mol. The second kappa shape index (κ2) is 15.8. The summed E-state index contributed by atoms with van der Waals surface area (Å²) in [5.41, 5.74) is 0. The molecule has 23 heavy (non-hydrogen) atoms. The molecule has 0 saturated carbocycles. The van der Waals surface area contributed by atoms with Crippen LogP contribution in [0.3, 0.4) is 0 Å². The number of hydrogen-bond donors (Lipinski definition) is 1. The molecule has 0 aliphatic rings. The molecule has 136 valence electrons. The molecule has 5 heteroatoms. The van der Waals surface area contributed by atoms with Gasteiger partial charge >= 0.3 is 5.97 Å². The fraction of sp³-hybridized carbons (Fsp3) is 0.889. The van der Waals surface area contributed by atoms with E-state index in [1.807, 2.05) is 0 Å². The number of carbonyl (C=O) groups is 2. The van der Waals surface area contributed by atoms with Gasteiger partial charge in [-0.05, 0) is 26.7 Å². The molecule has 0 fully saturated rings. The van der Waals surface area contributed by atoms with Crippen LogP contribution < -0.4 is 5.32 Å². The molecule has 0 aromatic rings. The summed E-state index contributed by atoms with van der Waals surface area (Å²) >= 11 is 0. The third-order valence-corrected chi connectivity index (χ3v) is 3.77. The van der Waals surface area contributed by atoms with Gasteiger partial charge in [0.2, 0.25) is 5.91 Å². The molecule has 1 N–H and O–H groups in total. The smallest absolute Gasteiger partial charge is 0.328 e. The number of unbranched alkanes of at least 4 members (excludes halogenated alkanes) is 8. The maximum absolute atomic E-state index is 11.7. The highest BCUT2D eigenvalue weighted by Crippen LogP contribution is 2.10. The summed E-state index contributed by atoms with van der Waals surface area (Å²) in [5, 5.41) is 2.68. The van der Waals surface area contributed by atoms with Gasteiger partial charge in [0.05, 0.1) is 6.61 Å². The second-order valence-electron chi connectivity index (χ2n) is 5.97. The zero-order chi connectivity index (χ0) is 17.3. The maximum atomic E-state index is 11.7. The Hall–Kier alpha value is -1.10. The molecule has 5 nitrogen and oxygen atoms in total. The van der Waals surface area contributed by atoms with Crippen LogP contribution in [0, 0.1) is 0 Å². The first kappa shape index (κ1) is 21.9. The summed E-state index contributed by atoms with van der Waals surface area (Å²) < 4.78 is 9.88. The van der Waals surface area contributed by atoms with E-state index in [2.05, 4.69) is 5.32 Å². The van der Waals surface area contributed by atoms with E-state index in [1.54, 1.807) is 21.0 Å². The fourth-order valence-electron chi connectivity index (χ4n) is 2.41. The Morgan fingerprint density at radius 1 is 0.913 bits per heavy atom. The van der Waals surface area contributed by atoms with Gasteiger partial charge in [-0.15, -0.1) is 0 Å². The largest absolute Gasteiger partial charge is 0.464 e. The molecule has 1 amide bonds. The van der Waals surface area contributed by atoms with Crippen molar-refractivity contribution in [3.63, 3.8) is 0 Å². The van der Waals surface area contributed by atoms with E-state index >= 15 is 0 Å². The first-order valence-corrected chi connectivity index (χ1v) is 9.06. The number of hydrogen-bond acceptors (Lipinski definition) is 4. The van der Waals surface area contributed by atoms with Crippen molar-refractivity contribution in [2.24, 2.45) is 0 Å². The summed E-state index contributed by atoms with van der Waals surface area (Å²) in [6.45, 7) is 4.62. The Labute approximate surface area is 141 Å². The predicted molar refractivity (Wildman–Crippen MR) is 92.3 cm³/mol. The average molecular weight is 329 g/mol. The maximum Gasteiger partial charge on any atom is 0.328 e. The van der Waals surface area contributed by atoms with Crippen molar-refractivity contribution in [2.45, 2.75) is 84.1 Å². The van der Waals surface area contributed by atoms with Gasteiger partial charge in [-0.3, -0.25) is 4.79 Å². The highest BCUT2D eigenvalue weighted by Gasteiger charge is 2.15. The molecule has 0 rings (SSSR count). The van der Waals surface area contributed by atoms with Crippen LogP contribution in [0.4, 0.5) is 0 Å². The normalized spacial score (nSPS) is 12.0. The fourth-order valence-corrected chi connectivity index (χ4v) is 2.41. The van der Waals surface area contributed by atoms with E-state index in [1.165, 1.54) is 38.5 Å². The Balaban J connectivity index is 3.37. The summed E-state index contributed by atoms with van der Waals surface area (Å²) in [4.78, 5) is 23.1. The van der Waals surface area contributed by atoms with E-state index in [0.29, 0.717) is 13.0 Å². The lowest BCUT2D eigenvalue weighted by atomic mass is 10.1. The van der Waals surface area contributed by atoms with Crippen LogP contribution in [0.15, 0.2) is 0 Å². The topological polar surface area (TPSA) is 64.6 Å². The minimum absolute atomic E-state index is 0.0660. The number of methoxy groups -OCH3 is 1. The molecule has 1 atom stereocenters. The van der Waals surface area contributed by atoms with Crippen molar-refractivity contribution < 1.29 is 19.1 Å². The van der Waals surface area contributed by atoms with Crippen molar-refractivity contribution in [2.75, 3.05) is 20.3 Å². The molecule has 0 aromatic heterocycles. The number of nitrogens with one attached hydrogen (secondary N) is 1. The lowest BCUT2D eigenvalue weighted by molar-refractivity contribution is -0.146. The first-order valence-electron chi connectivity index (χ1n) is 9.06. The van der Waals surface area contributed by atoms with Crippen LogP contribution in [0.1, 0.15) is 78.1 Å². The van der Waals surface area contributed by atoms with Crippen molar-refractivity contribution in [3.05, 3.63) is 0 Å². The minimum atomic E-state index is -0.555. The molecule has 0 heterocycles. The van der Waals surface area contributed by atoms with Gasteiger partial charge in [-0.1, -0.05) is 44.9 Å². The second-order valence-corrected chi connectivity index (χ2v) is 5.97.